The Morgan fingerprint density at radius 3 is 1.82 bits per heavy atom. The molecular weight excluding hydrogens is 288 g/mol. The van der Waals surface area contributed by atoms with Crippen molar-refractivity contribution in [3.63, 3.8) is 0 Å². The Kier molecular flexibility index (Phi) is 7.01. The fourth-order valence-electron chi connectivity index (χ4n) is 1.77. The van der Waals surface area contributed by atoms with Crippen LogP contribution >= 0.6 is 0 Å². The molecule has 0 aromatic heterocycles. The quantitative estimate of drug-likeness (QED) is 0.808. The van der Waals surface area contributed by atoms with Crippen LogP contribution in [0.15, 0.2) is 12.1 Å². The molecule has 0 unspecified atom stereocenters. The highest BCUT2D eigenvalue weighted by molar-refractivity contribution is 5.93. The largest absolute Gasteiger partial charge is 0.492 e. The number of carbonyl (C=O) groups excluding carboxylic acids is 2. The van der Waals surface area contributed by atoms with Gasteiger partial charge in [0, 0.05) is 19.1 Å². The van der Waals surface area contributed by atoms with Crippen LogP contribution in [0.25, 0.3) is 0 Å². The molecule has 0 bridgehead atoms. The number of amides is 2. The van der Waals surface area contributed by atoms with Crippen LogP contribution < -0.4 is 20.1 Å². The van der Waals surface area contributed by atoms with Gasteiger partial charge >= 0.3 is 6.09 Å². The third kappa shape index (κ3) is 5.16. The summed E-state index contributed by atoms with van der Waals surface area (Å²) in [5.41, 5.74) is 0.894. The standard InChI is InChI=1S/C15H22N2O5/c1-5-20-13-9-12(17-15(19)22-7-3)14(21-6-2)8-11(13)16-10(4)18/h8-9H,5-7H2,1-4H3,(H,16,18)(H,17,19). The van der Waals surface area contributed by atoms with Gasteiger partial charge in [-0.25, -0.2) is 4.79 Å². The number of ether oxygens (including phenoxy) is 3. The molecule has 0 heterocycles. The van der Waals surface area contributed by atoms with E-state index < -0.39 is 6.09 Å². The molecule has 1 aromatic rings. The first-order valence-electron chi connectivity index (χ1n) is 7.16. The Labute approximate surface area is 129 Å². The predicted molar refractivity (Wildman–Crippen MR) is 83.7 cm³/mol. The lowest BCUT2D eigenvalue weighted by Gasteiger charge is -2.17. The summed E-state index contributed by atoms with van der Waals surface area (Å²) in [6.07, 6.45) is -0.585. The number of hydrogen-bond acceptors (Lipinski definition) is 5. The summed E-state index contributed by atoms with van der Waals surface area (Å²) in [7, 11) is 0. The third-order valence-electron chi connectivity index (χ3n) is 2.50. The maximum Gasteiger partial charge on any atom is 0.411 e. The van der Waals surface area contributed by atoms with Gasteiger partial charge < -0.3 is 19.5 Å². The molecule has 2 amide bonds. The van der Waals surface area contributed by atoms with Crippen molar-refractivity contribution in [1.29, 1.82) is 0 Å². The van der Waals surface area contributed by atoms with Crippen molar-refractivity contribution in [3.8, 4) is 11.5 Å². The SMILES string of the molecule is CCOC(=O)Nc1cc(OCC)c(NC(C)=O)cc1OCC. The second kappa shape index (κ2) is 8.76. The van der Waals surface area contributed by atoms with Gasteiger partial charge in [0.05, 0.1) is 31.2 Å². The van der Waals surface area contributed by atoms with E-state index in [9.17, 15) is 9.59 Å². The molecule has 0 aliphatic rings. The predicted octanol–water partition coefficient (Wildman–Crippen LogP) is 3.01. The first-order valence-corrected chi connectivity index (χ1v) is 7.16. The zero-order valence-electron chi connectivity index (χ0n) is 13.3. The van der Waals surface area contributed by atoms with Gasteiger partial charge in [-0.3, -0.25) is 10.1 Å². The lowest BCUT2D eigenvalue weighted by Crippen LogP contribution is -2.15. The number of hydrogen-bond donors (Lipinski definition) is 2. The van der Waals surface area contributed by atoms with Crippen LogP contribution in [-0.2, 0) is 9.53 Å². The molecule has 2 N–H and O–H groups in total. The Bertz CT molecular complexity index is 531. The van der Waals surface area contributed by atoms with Crippen molar-refractivity contribution >= 4 is 23.4 Å². The maximum atomic E-state index is 11.6. The van der Waals surface area contributed by atoms with Gasteiger partial charge in [0.2, 0.25) is 5.91 Å². The molecule has 0 aliphatic carbocycles. The summed E-state index contributed by atoms with van der Waals surface area (Å²) < 4.78 is 15.8. The van der Waals surface area contributed by atoms with E-state index >= 15 is 0 Å². The summed E-state index contributed by atoms with van der Waals surface area (Å²) in [4.78, 5) is 22.9. The molecule has 7 heteroatoms. The van der Waals surface area contributed by atoms with E-state index in [0.29, 0.717) is 36.1 Å². The Morgan fingerprint density at radius 1 is 0.909 bits per heavy atom. The topological polar surface area (TPSA) is 85.9 Å². The minimum atomic E-state index is -0.585. The van der Waals surface area contributed by atoms with Crippen LogP contribution in [0.5, 0.6) is 11.5 Å². The number of rotatable bonds is 7. The van der Waals surface area contributed by atoms with Gasteiger partial charge in [0.1, 0.15) is 11.5 Å². The van der Waals surface area contributed by atoms with Crippen LogP contribution in [0.3, 0.4) is 0 Å². The Balaban J connectivity index is 3.19. The van der Waals surface area contributed by atoms with Gasteiger partial charge in [-0.15, -0.1) is 0 Å². The minimum Gasteiger partial charge on any atom is -0.492 e. The first kappa shape index (κ1) is 17.6. The fraction of sp³-hybridized carbons (Fsp3) is 0.467. The molecular formula is C15H22N2O5. The maximum absolute atomic E-state index is 11.6. The summed E-state index contributed by atoms with van der Waals surface area (Å²) in [5, 5.41) is 5.27. The van der Waals surface area contributed by atoms with E-state index in [4.69, 9.17) is 14.2 Å². The smallest absolute Gasteiger partial charge is 0.411 e. The average molecular weight is 310 g/mol. The van der Waals surface area contributed by atoms with E-state index in [1.165, 1.54) is 6.92 Å². The second-order valence-corrected chi connectivity index (χ2v) is 4.24. The number of anilines is 2. The van der Waals surface area contributed by atoms with Crippen LogP contribution in [0.1, 0.15) is 27.7 Å². The lowest BCUT2D eigenvalue weighted by atomic mass is 10.2. The summed E-state index contributed by atoms with van der Waals surface area (Å²) in [6, 6.07) is 3.20. The number of nitrogens with one attached hydrogen (secondary N) is 2. The highest BCUT2D eigenvalue weighted by Gasteiger charge is 2.15. The van der Waals surface area contributed by atoms with Crippen molar-refractivity contribution in [1.82, 2.24) is 0 Å². The molecule has 122 valence electrons. The van der Waals surface area contributed by atoms with Crippen molar-refractivity contribution in [3.05, 3.63) is 12.1 Å². The molecule has 1 rings (SSSR count). The van der Waals surface area contributed by atoms with Crippen molar-refractivity contribution in [2.75, 3.05) is 30.5 Å². The van der Waals surface area contributed by atoms with Crippen LogP contribution in [0.4, 0.5) is 16.2 Å². The molecule has 0 saturated heterocycles. The van der Waals surface area contributed by atoms with E-state index in [0.717, 1.165) is 0 Å². The number of benzene rings is 1. The summed E-state index contributed by atoms with van der Waals surface area (Å²) in [5.74, 6) is 0.630. The zero-order chi connectivity index (χ0) is 16.5. The molecule has 1 aromatic carbocycles. The summed E-state index contributed by atoms with van der Waals surface area (Å²) >= 11 is 0. The van der Waals surface area contributed by atoms with Crippen LogP contribution in [-0.4, -0.2) is 31.8 Å². The highest BCUT2D eigenvalue weighted by Crippen LogP contribution is 2.37. The van der Waals surface area contributed by atoms with Crippen molar-refractivity contribution in [2.24, 2.45) is 0 Å². The van der Waals surface area contributed by atoms with Crippen LogP contribution in [0, 0.1) is 0 Å². The Morgan fingerprint density at radius 2 is 1.41 bits per heavy atom. The van der Waals surface area contributed by atoms with E-state index in [1.54, 1.807) is 19.1 Å². The Hall–Kier alpha value is -2.44. The number of carbonyl (C=O) groups is 2. The van der Waals surface area contributed by atoms with Gasteiger partial charge in [-0.1, -0.05) is 0 Å². The van der Waals surface area contributed by atoms with Crippen molar-refractivity contribution < 1.29 is 23.8 Å². The zero-order valence-corrected chi connectivity index (χ0v) is 13.3. The molecule has 0 saturated carbocycles. The van der Waals surface area contributed by atoms with E-state index in [2.05, 4.69) is 10.6 Å². The molecule has 0 radical (unpaired) electrons. The molecule has 7 nitrogen and oxygen atoms in total. The molecule has 0 aliphatic heterocycles. The van der Waals surface area contributed by atoms with Gasteiger partial charge in [0.25, 0.3) is 0 Å². The molecule has 22 heavy (non-hydrogen) atoms. The molecule has 0 spiro atoms. The minimum absolute atomic E-state index is 0.227. The third-order valence-corrected chi connectivity index (χ3v) is 2.50. The van der Waals surface area contributed by atoms with E-state index in [1.807, 2.05) is 13.8 Å². The fourth-order valence-corrected chi connectivity index (χ4v) is 1.77. The second-order valence-electron chi connectivity index (χ2n) is 4.24. The lowest BCUT2D eigenvalue weighted by molar-refractivity contribution is -0.114. The molecule has 0 atom stereocenters. The van der Waals surface area contributed by atoms with E-state index in [-0.39, 0.29) is 12.5 Å². The van der Waals surface area contributed by atoms with Crippen molar-refractivity contribution in [2.45, 2.75) is 27.7 Å². The van der Waals surface area contributed by atoms with Crippen LogP contribution in [0.2, 0.25) is 0 Å². The first-order chi connectivity index (χ1) is 10.5. The molecule has 0 fully saturated rings. The summed E-state index contributed by atoms with van der Waals surface area (Å²) in [6.45, 7) is 7.85. The van der Waals surface area contributed by atoms with Gasteiger partial charge in [-0.05, 0) is 20.8 Å². The van der Waals surface area contributed by atoms with Gasteiger partial charge in [-0.2, -0.15) is 0 Å². The average Bonchev–Trinajstić information content (AvgIpc) is 2.43. The van der Waals surface area contributed by atoms with Gasteiger partial charge in [0.15, 0.2) is 0 Å². The normalized spacial score (nSPS) is 9.82. The monoisotopic (exact) mass is 310 g/mol. The highest BCUT2D eigenvalue weighted by atomic mass is 16.5.